The summed E-state index contributed by atoms with van der Waals surface area (Å²) in [5.41, 5.74) is 0.572. The lowest BCUT2D eigenvalue weighted by atomic mass is 10.00. The Morgan fingerprint density at radius 3 is 2.29 bits per heavy atom. The normalized spacial score (nSPS) is 12.2. The lowest BCUT2D eigenvalue weighted by molar-refractivity contribution is -0.137. The van der Waals surface area contributed by atoms with Crippen molar-refractivity contribution >= 4 is 23.5 Å². The number of esters is 1. The molecule has 1 atom stereocenters. The van der Waals surface area contributed by atoms with Crippen LogP contribution in [-0.2, 0) is 15.7 Å². The van der Waals surface area contributed by atoms with E-state index in [0.29, 0.717) is 11.3 Å². The number of ether oxygens (including phenoxy) is 2. The van der Waals surface area contributed by atoms with Crippen molar-refractivity contribution in [3.63, 3.8) is 0 Å². The number of hydrogen-bond acceptors (Lipinski definition) is 5. The zero-order valence-corrected chi connectivity index (χ0v) is 19.6. The Morgan fingerprint density at radius 1 is 1.15 bits per heavy atom. The van der Waals surface area contributed by atoms with E-state index in [1.54, 1.807) is 20.8 Å². The first-order valence-corrected chi connectivity index (χ1v) is 10.6. The predicted octanol–water partition coefficient (Wildman–Crippen LogP) is 4.58. The molecule has 2 N–H and O–H groups in total. The molecule has 11 heteroatoms. The number of ketones is 1. The second-order valence-electron chi connectivity index (χ2n) is 7.58. The number of halogens is 3. The Morgan fingerprint density at radius 2 is 1.76 bits per heavy atom. The van der Waals surface area contributed by atoms with Crippen LogP contribution in [0.15, 0.2) is 24.3 Å². The van der Waals surface area contributed by atoms with Gasteiger partial charge in [0.15, 0.2) is 5.78 Å². The molecule has 0 bridgehead atoms. The number of aryl methyl sites for hydroxylation is 1. The minimum absolute atomic E-state index is 0.0448. The Bertz CT molecular complexity index is 1030. The highest BCUT2D eigenvalue weighted by molar-refractivity contribution is 6.06. The number of nitrogens with one attached hydrogen (secondary N) is 2. The molecule has 2 amide bonds. The van der Waals surface area contributed by atoms with Crippen LogP contribution in [0.25, 0.3) is 0 Å². The van der Waals surface area contributed by atoms with E-state index in [4.69, 9.17) is 9.47 Å². The van der Waals surface area contributed by atoms with Crippen molar-refractivity contribution in [3.05, 3.63) is 52.3 Å². The van der Waals surface area contributed by atoms with Crippen molar-refractivity contribution in [3.8, 4) is 0 Å². The number of amides is 2. The molecule has 0 fully saturated rings. The summed E-state index contributed by atoms with van der Waals surface area (Å²) in [6.45, 7) is 6.78. The third-order valence-electron chi connectivity index (χ3n) is 5.27. The van der Waals surface area contributed by atoms with Gasteiger partial charge in [-0.3, -0.25) is 4.79 Å². The third kappa shape index (κ3) is 6.16. The zero-order valence-electron chi connectivity index (χ0n) is 19.6. The van der Waals surface area contributed by atoms with Crippen molar-refractivity contribution in [2.24, 2.45) is 0 Å². The lowest BCUT2D eigenvalue weighted by Gasteiger charge is -2.28. The second kappa shape index (κ2) is 11.2. The fourth-order valence-corrected chi connectivity index (χ4v) is 3.48. The topological polar surface area (TPSA) is 101 Å². The summed E-state index contributed by atoms with van der Waals surface area (Å²) in [5.74, 6) is -1.01. The molecule has 8 nitrogen and oxygen atoms in total. The fourth-order valence-electron chi connectivity index (χ4n) is 3.48. The molecule has 1 heterocycles. The number of rotatable bonds is 9. The van der Waals surface area contributed by atoms with Crippen LogP contribution in [-0.4, -0.2) is 60.6 Å². The molecule has 2 rings (SSSR count). The van der Waals surface area contributed by atoms with Gasteiger partial charge >= 0.3 is 18.2 Å². The number of aromatic amines is 1. The van der Waals surface area contributed by atoms with Crippen LogP contribution in [0.1, 0.15) is 51.5 Å². The number of urea groups is 1. The fraction of sp³-hybridized carbons (Fsp3) is 0.435. The smallest absolute Gasteiger partial charge is 0.416 e. The Hall–Kier alpha value is -3.34. The van der Waals surface area contributed by atoms with E-state index in [-0.39, 0.29) is 36.7 Å². The summed E-state index contributed by atoms with van der Waals surface area (Å²) < 4.78 is 48.4. The number of benzene rings is 1. The maximum Gasteiger partial charge on any atom is 0.416 e. The van der Waals surface area contributed by atoms with Crippen LogP contribution in [0, 0.1) is 13.8 Å². The highest BCUT2D eigenvalue weighted by Crippen LogP contribution is 2.30. The number of alkyl halides is 3. The number of hydrogen-bond donors (Lipinski definition) is 2. The van der Waals surface area contributed by atoms with Gasteiger partial charge in [0, 0.05) is 30.6 Å². The molecule has 0 saturated carbocycles. The van der Waals surface area contributed by atoms with E-state index in [9.17, 15) is 27.6 Å². The van der Waals surface area contributed by atoms with Gasteiger partial charge in [0.05, 0.1) is 24.8 Å². The molecule has 2 aromatic rings. The van der Waals surface area contributed by atoms with Crippen LogP contribution < -0.4 is 5.32 Å². The number of carbonyl (C=O) groups excluding carboxylic acids is 3. The third-order valence-corrected chi connectivity index (χ3v) is 5.27. The second-order valence-corrected chi connectivity index (χ2v) is 7.58. The minimum Gasteiger partial charge on any atom is -0.461 e. The average Bonchev–Trinajstić information content (AvgIpc) is 3.07. The van der Waals surface area contributed by atoms with E-state index in [1.807, 2.05) is 0 Å². The molecule has 0 aliphatic rings. The molecular formula is C23H28F3N3O5. The van der Waals surface area contributed by atoms with Crippen molar-refractivity contribution in [2.45, 2.75) is 39.9 Å². The van der Waals surface area contributed by atoms with Crippen LogP contribution in [0.4, 0.5) is 23.7 Å². The van der Waals surface area contributed by atoms with Crippen LogP contribution >= 0.6 is 0 Å². The van der Waals surface area contributed by atoms with Crippen molar-refractivity contribution < 1.29 is 37.0 Å². The van der Waals surface area contributed by atoms with Gasteiger partial charge in [-0.25, -0.2) is 9.59 Å². The molecule has 1 aromatic heterocycles. The minimum atomic E-state index is -4.50. The van der Waals surface area contributed by atoms with Crippen molar-refractivity contribution in [1.29, 1.82) is 0 Å². The number of H-pyrrole nitrogens is 1. The maximum absolute atomic E-state index is 13.3. The standard InChI is InChI=1S/C23H28F3N3O5/c1-6-34-21(31)19-13(2)18(14(3)27-19)20(30)15(4)29(11-12-33-5)22(32)28-17-9-7-16(8-10-17)23(24,25)26/h7-10,15,27H,6,11-12H2,1-5H3,(H,28,32). The number of aromatic nitrogens is 1. The predicted molar refractivity (Wildman–Crippen MR) is 119 cm³/mol. The molecule has 1 aromatic carbocycles. The summed E-state index contributed by atoms with van der Waals surface area (Å²) in [4.78, 5) is 42.5. The molecule has 0 aliphatic heterocycles. The summed E-state index contributed by atoms with van der Waals surface area (Å²) in [6, 6.07) is 2.32. The average molecular weight is 483 g/mol. The van der Waals surface area contributed by atoms with Gasteiger partial charge in [0.25, 0.3) is 0 Å². The maximum atomic E-state index is 13.3. The van der Waals surface area contributed by atoms with E-state index in [2.05, 4.69) is 10.3 Å². The van der Waals surface area contributed by atoms with Gasteiger partial charge < -0.3 is 24.7 Å². The number of Topliss-reactive ketones (excluding diaryl/α,β-unsaturated/α-hetero) is 1. The van der Waals surface area contributed by atoms with E-state index >= 15 is 0 Å². The number of methoxy groups -OCH3 is 1. The van der Waals surface area contributed by atoms with E-state index in [1.165, 1.54) is 18.9 Å². The van der Waals surface area contributed by atoms with Crippen molar-refractivity contribution in [2.75, 3.05) is 32.2 Å². The Kier molecular flexibility index (Phi) is 8.86. The molecule has 0 saturated heterocycles. The number of carbonyl (C=O) groups is 3. The Balaban J connectivity index is 2.28. The van der Waals surface area contributed by atoms with Gasteiger partial charge in [-0.2, -0.15) is 13.2 Å². The van der Waals surface area contributed by atoms with E-state index in [0.717, 1.165) is 24.3 Å². The molecule has 186 valence electrons. The Labute approximate surface area is 195 Å². The van der Waals surface area contributed by atoms with Crippen molar-refractivity contribution in [1.82, 2.24) is 9.88 Å². The van der Waals surface area contributed by atoms with E-state index < -0.39 is 35.6 Å². The van der Waals surface area contributed by atoms with Gasteiger partial charge in [-0.1, -0.05) is 0 Å². The first kappa shape index (κ1) is 26.9. The summed E-state index contributed by atoms with van der Waals surface area (Å²) in [6.07, 6.45) is -4.50. The number of anilines is 1. The van der Waals surface area contributed by atoms with Gasteiger partial charge in [0.1, 0.15) is 5.69 Å². The highest BCUT2D eigenvalue weighted by atomic mass is 19.4. The van der Waals surface area contributed by atoms with Crippen LogP contribution in [0.2, 0.25) is 0 Å². The van der Waals surface area contributed by atoms with Crippen LogP contribution in [0.5, 0.6) is 0 Å². The molecule has 34 heavy (non-hydrogen) atoms. The number of nitrogens with zero attached hydrogens (tertiary/aromatic N) is 1. The molecular weight excluding hydrogens is 455 g/mol. The quantitative estimate of drug-likeness (QED) is 0.402. The molecule has 0 radical (unpaired) electrons. The lowest BCUT2D eigenvalue weighted by Crippen LogP contribution is -2.47. The molecule has 0 spiro atoms. The van der Waals surface area contributed by atoms with Gasteiger partial charge in [-0.05, 0) is 57.5 Å². The summed E-state index contributed by atoms with van der Waals surface area (Å²) in [7, 11) is 1.44. The van der Waals surface area contributed by atoms with Gasteiger partial charge in [0.2, 0.25) is 0 Å². The SMILES string of the molecule is CCOC(=O)c1[nH]c(C)c(C(=O)C(C)N(CCOC)C(=O)Nc2ccc(C(F)(F)F)cc2)c1C. The zero-order chi connectivity index (χ0) is 25.6. The first-order chi connectivity index (χ1) is 15.9. The van der Waals surface area contributed by atoms with Gasteiger partial charge in [-0.15, -0.1) is 0 Å². The largest absolute Gasteiger partial charge is 0.461 e. The first-order valence-electron chi connectivity index (χ1n) is 10.6. The van der Waals surface area contributed by atoms with Crippen LogP contribution in [0.3, 0.4) is 0 Å². The molecule has 0 aliphatic carbocycles. The molecule has 1 unspecified atom stereocenters. The summed E-state index contributed by atoms with van der Waals surface area (Å²) >= 11 is 0. The monoisotopic (exact) mass is 483 g/mol. The summed E-state index contributed by atoms with van der Waals surface area (Å²) in [5, 5.41) is 2.52. The highest BCUT2D eigenvalue weighted by Gasteiger charge is 2.32.